The van der Waals surface area contributed by atoms with Crippen LogP contribution in [0.25, 0.3) is 5.69 Å². The van der Waals surface area contributed by atoms with E-state index in [2.05, 4.69) is 15.3 Å². The molecule has 0 unspecified atom stereocenters. The van der Waals surface area contributed by atoms with Crippen LogP contribution in [0.1, 0.15) is 16.1 Å². The lowest BCUT2D eigenvalue weighted by molar-refractivity contribution is 0.102. The van der Waals surface area contributed by atoms with Gasteiger partial charge in [-0.1, -0.05) is 6.07 Å². The van der Waals surface area contributed by atoms with Gasteiger partial charge in [-0.05, 0) is 54.4 Å². The van der Waals surface area contributed by atoms with Gasteiger partial charge in [0.1, 0.15) is 5.82 Å². The van der Waals surface area contributed by atoms with Crippen molar-refractivity contribution in [3.8, 4) is 5.69 Å². The number of fused-ring (bicyclic) bond motifs is 1. The van der Waals surface area contributed by atoms with Crippen LogP contribution in [0.2, 0.25) is 0 Å². The molecule has 0 aliphatic carbocycles. The number of benzene rings is 2. The smallest absolute Gasteiger partial charge is 0.276 e. The number of likely N-dealkylation sites (N-methyl/N-ethyl adjacent to an activating group) is 1. The monoisotopic (exact) mass is 336 g/mol. The predicted octanol–water partition coefficient (Wildman–Crippen LogP) is 3.26. The van der Waals surface area contributed by atoms with E-state index in [0.717, 1.165) is 24.3 Å². The Morgan fingerprint density at radius 3 is 2.76 bits per heavy atom. The van der Waals surface area contributed by atoms with E-state index in [1.165, 1.54) is 17.7 Å². The Bertz CT molecular complexity index is 933. The van der Waals surface area contributed by atoms with Crippen molar-refractivity contribution in [2.45, 2.75) is 6.42 Å². The standard InChI is InChI=1S/C19H17FN4O/c1-23-10-8-13-2-5-15(12-18(13)23)21-19(25)17-9-11-24(22-17)16-6-3-14(20)4-7-16/h2-7,9,11-12H,8,10H2,1H3,(H,21,25). The summed E-state index contributed by atoms with van der Waals surface area (Å²) in [6, 6.07) is 13.5. The number of carbonyl (C=O) groups excluding carboxylic acids is 1. The normalized spacial score (nSPS) is 13.0. The fourth-order valence-electron chi connectivity index (χ4n) is 2.99. The zero-order valence-corrected chi connectivity index (χ0v) is 13.7. The maximum absolute atomic E-state index is 13.0. The van der Waals surface area contributed by atoms with Crippen LogP contribution in [0.15, 0.2) is 54.7 Å². The van der Waals surface area contributed by atoms with Crippen LogP contribution in [0, 0.1) is 5.82 Å². The number of rotatable bonds is 3. The summed E-state index contributed by atoms with van der Waals surface area (Å²) >= 11 is 0. The van der Waals surface area contributed by atoms with Crippen molar-refractivity contribution in [2.75, 3.05) is 23.8 Å². The van der Waals surface area contributed by atoms with Crippen molar-refractivity contribution >= 4 is 17.3 Å². The van der Waals surface area contributed by atoms with Gasteiger partial charge >= 0.3 is 0 Å². The third-order valence-corrected chi connectivity index (χ3v) is 4.38. The molecule has 4 rings (SSSR count). The summed E-state index contributed by atoms with van der Waals surface area (Å²) in [4.78, 5) is 14.6. The highest BCUT2D eigenvalue weighted by molar-refractivity contribution is 6.03. The molecular formula is C19H17FN4O. The van der Waals surface area contributed by atoms with Crippen LogP contribution >= 0.6 is 0 Å². The van der Waals surface area contributed by atoms with E-state index < -0.39 is 0 Å². The minimum absolute atomic E-state index is 0.276. The lowest BCUT2D eigenvalue weighted by Gasteiger charge is -2.13. The minimum atomic E-state index is -0.310. The van der Waals surface area contributed by atoms with Gasteiger partial charge in [0.25, 0.3) is 5.91 Å². The maximum Gasteiger partial charge on any atom is 0.276 e. The van der Waals surface area contributed by atoms with Crippen LogP contribution in [0.4, 0.5) is 15.8 Å². The summed E-state index contributed by atoms with van der Waals surface area (Å²) in [5, 5.41) is 7.15. The van der Waals surface area contributed by atoms with Crippen LogP contribution in [0.5, 0.6) is 0 Å². The lowest BCUT2D eigenvalue weighted by atomic mass is 10.1. The van der Waals surface area contributed by atoms with Crippen molar-refractivity contribution in [1.29, 1.82) is 0 Å². The molecule has 1 amide bonds. The molecule has 5 nitrogen and oxygen atoms in total. The predicted molar refractivity (Wildman–Crippen MR) is 94.9 cm³/mol. The number of carbonyl (C=O) groups is 1. The fraction of sp³-hybridized carbons (Fsp3) is 0.158. The van der Waals surface area contributed by atoms with E-state index in [1.54, 1.807) is 29.1 Å². The third-order valence-electron chi connectivity index (χ3n) is 4.38. The topological polar surface area (TPSA) is 50.2 Å². The van der Waals surface area contributed by atoms with Crippen molar-refractivity contribution in [1.82, 2.24) is 9.78 Å². The molecule has 1 aliphatic heterocycles. The largest absolute Gasteiger partial charge is 0.374 e. The Kier molecular flexibility index (Phi) is 3.72. The molecule has 1 aliphatic rings. The maximum atomic E-state index is 13.0. The summed E-state index contributed by atoms with van der Waals surface area (Å²) in [6.07, 6.45) is 2.71. The molecule has 2 heterocycles. The summed E-state index contributed by atoms with van der Waals surface area (Å²) in [7, 11) is 2.04. The average Bonchev–Trinajstić information content (AvgIpc) is 3.24. The molecule has 1 aromatic heterocycles. The van der Waals surface area contributed by atoms with Gasteiger partial charge < -0.3 is 10.2 Å². The quantitative estimate of drug-likeness (QED) is 0.799. The van der Waals surface area contributed by atoms with Gasteiger partial charge in [-0.2, -0.15) is 5.10 Å². The first kappa shape index (κ1) is 15.4. The molecule has 6 heteroatoms. The summed E-state index contributed by atoms with van der Waals surface area (Å²) in [5.41, 5.74) is 4.18. The van der Waals surface area contributed by atoms with E-state index >= 15 is 0 Å². The van der Waals surface area contributed by atoms with Gasteiger partial charge in [-0.15, -0.1) is 0 Å². The first-order valence-corrected chi connectivity index (χ1v) is 8.07. The summed E-state index contributed by atoms with van der Waals surface area (Å²) < 4.78 is 14.5. The second kappa shape index (κ2) is 6.05. The highest BCUT2D eigenvalue weighted by Gasteiger charge is 2.17. The summed E-state index contributed by atoms with van der Waals surface area (Å²) in [5.74, 6) is -0.586. The van der Waals surface area contributed by atoms with Crippen LogP contribution in [0.3, 0.4) is 0 Å². The number of aromatic nitrogens is 2. The van der Waals surface area contributed by atoms with Crippen LogP contribution < -0.4 is 10.2 Å². The molecular weight excluding hydrogens is 319 g/mol. The number of amides is 1. The second-order valence-electron chi connectivity index (χ2n) is 6.09. The number of hydrogen-bond donors (Lipinski definition) is 1. The molecule has 25 heavy (non-hydrogen) atoms. The van der Waals surface area contributed by atoms with Crippen molar-refractivity contribution < 1.29 is 9.18 Å². The summed E-state index contributed by atoms with van der Waals surface area (Å²) in [6.45, 7) is 0.995. The SMILES string of the molecule is CN1CCc2ccc(NC(=O)c3ccn(-c4ccc(F)cc4)n3)cc21. The highest BCUT2D eigenvalue weighted by atomic mass is 19.1. The molecule has 2 aromatic carbocycles. The zero-order valence-electron chi connectivity index (χ0n) is 13.7. The molecule has 0 saturated carbocycles. The van der Waals surface area contributed by atoms with E-state index in [4.69, 9.17) is 0 Å². The minimum Gasteiger partial charge on any atom is -0.374 e. The average molecular weight is 336 g/mol. The van der Waals surface area contributed by atoms with Gasteiger partial charge in [0.05, 0.1) is 5.69 Å². The number of nitrogens with one attached hydrogen (secondary N) is 1. The zero-order chi connectivity index (χ0) is 17.4. The third kappa shape index (κ3) is 2.98. The first-order valence-electron chi connectivity index (χ1n) is 8.07. The molecule has 0 fully saturated rings. The number of hydrogen-bond acceptors (Lipinski definition) is 3. The van der Waals surface area contributed by atoms with Crippen molar-refractivity contribution in [3.63, 3.8) is 0 Å². The van der Waals surface area contributed by atoms with E-state index in [1.807, 2.05) is 25.2 Å². The number of nitrogens with zero attached hydrogens (tertiary/aromatic N) is 3. The fourth-order valence-corrected chi connectivity index (χ4v) is 2.99. The van der Waals surface area contributed by atoms with Gasteiger partial charge in [-0.25, -0.2) is 9.07 Å². The second-order valence-corrected chi connectivity index (χ2v) is 6.09. The van der Waals surface area contributed by atoms with Crippen molar-refractivity contribution in [2.24, 2.45) is 0 Å². The Balaban J connectivity index is 1.52. The number of anilines is 2. The molecule has 126 valence electrons. The molecule has 1 N–H and O–H groups in total. The lowest BCUT2D eigenvalue weighted by Crippen LogP contribution is -2.15. The Morgan fingerprint density at radius 1 is 1.16 bits per heavy atom. The molecule has 0 bridgehead atoms. The van der Waals surface area contributed by atoms with Gasteiger partial charge in [0, 0.05) is 31.2 Å². The molecule has 3 aromatic rings. The Hall–Kier alpha value is -3.15. The van der Waals surface area contributed by atoms with Crippen LogP contribution in [-0.4, -0.2) is 29.3 Å². The molecule has 0 atom stereocenters. The van der Waals surface area contributed by atoms with E-state index in [9.17, 15) is 9.18 Å². The van der Waals surface area contributed by atoms with E-state index in [0.29, 0.717) is 11.4 Å². The first-order chi connectivity index (χ1) is 12.1. The molecule has 0 saturated heterocycles. The van der Waals surface area contributed by atoms with Crippen molar-refractivity contribution in [3.05, 3.63) is 71.8 Å². The van der Waals surface area contributed by atoms with Gasteiger partial charge in [-0.3, -0.25) is 4.79 Å². The highest BCUT2D eigenvalue weighted by Crippen LogP contribution is 2.29. The molecule has 0 radical (unpaired) electrons. The number of halogens is 1. The Morgan fingerprint density at radius 2 is 1.96 bits per heavy atom. The van der Waals surface area contributed by atoms with Gasteiger partial charge in [0.15, 0.2) is 5.69 Å². The van der Waals surface area contributed by atoms with Gasteiger partial charge in [0.2, 0.25) is 0 Å². The molecule has 0 spiro atoms. The van der Waals surface area contributed by atoms with E-state index in [-0.39, 0.29) is 11.7 Å². The Labute approximate surface area is 144 Å². The van der Waals surface area contributed by atoms with Crippen LogP contribution in [-0.2, 0) is 6.42 Å².